The second kappa shape index (κ2) is 11.9. The molecule has 0 spiro atoms. The molecule has 0 saturated carbocycles. The summed E-state index contributed by atoms with van der Waals surface area (Å²) < 4.78 is 7.46. The van der Waals surface area contributed by atoms with Gasteiger partial charge in [-0.05, 0) is 35.4 Å². The molecule has 0 unspecified atom stereocenters. The van der Waals surface area contributed by atoms with Crippen LogP contribution in [0.15, 0.2) is 118 Å². The number of amides is 1. The predicted octanol–water partition coefficient (Wildman–Crippen LogP) is 7.45. The Bertz CT molecular complexity index is 1680. The van der Waals surface area contributed by atoms with Crippen molar-refractivity contribution in [1.29, 1.82) is 0 Å². The van der Waals surface area contributed by atoms with E-state index in [1.54, 1.807) is 17.7 Å². The number of thiazole rings is 1. The molecule has 40 heavy (non-hydrogen) atoms. The van der Waals surface area contributed by atoms with Gasteiger partial charge in [-0.3, -0.25) is 9.36 Å². The molecule has 1 N–H and O–H groups in total. The molecule has 0 aliphatic heterocycles. The fourth-order valence-electron chi connectivity index (χ4n) is 4.24. The van der Waals surface area contributed by atoms with E-state index in [2.05, 4.69) is 20.5 Å². The fourth-order valence-corrected chi connectivity index (χ4v) is 6.20. The van der Waals surface area contributed by atoms with Gasteiger partial charge < -0.3 is 9.73 Å². The maximum Gasteiger partial charge on any atom is 0.271 e. The molecule has 0 radical (unpaired) electrons. The van der Waals surface area contributed by atoms with Crippen molar-refractivity contribution >= 4 is 40.6 Å². The van der Waals surface area contributed by atoms with Gasteiger partial charge in [-0.25, -0.2) is 4.98 Å². The Morgan fingerprint density at radius 1 is 0.925 bits per heavy atom. The van der Waals surface area contributed by atoms with Crippen LogP contribution in [-0.4, -0.2) is 25.7 Å². The Morgan fingerprint density at radius 3 is 2.30 bits per heavy atom. The molecule has 0 saturated heterocycles. The smallest absolute Gasteiger partial charge is 0.271 e. The van der Waals surface area contributed by atoms with Gasteiger partial charge in [0.05, 0.1) is 28.8 Å². The number of halogens is 1. The third-order valence-corrected chi connectivity index (χ3v) is 8.41. The van der Waals surface area contributed by atoms with Crippen LogP contribution in [0.3, 0.4) is 0 Å². The average molecular weight is 584 g/mol. The number of benzene rings is 3. The van der Waals surface area contributed by atoms with E-state index in [4.69, 9.17) is 16.0 Å². The van der Waals surface area contributed by atoms with E-state index >= 15 is 0 Å². The van der Waals surface area contributed by atoms with Crippen LogP contribution in [0.4, 0.5) is 0 Å². The van der Waals surface area contributed by atoms with E-state index in [1.807, 2.05) is 95.6 Å². The number of rotatable bonds is 9. The number of thioether (sulfide) groups is 1. The van der Waals surface area contributed by atoms with Crippen LogP contribution in [0, 0.1) is 0 Å². The highest BCUT2D eigenvalue weighted by Crippen LogP contribution is 2.33. The SMILES string of the molecule is O=C(NC(c1ccccc1)c1ccccc1)c1csc(CSc2nnc(-c3ccco3)n2-c2ccccc2Cl)n1. The van der Waals surface area contributed by atoms with Crippen molar-refractivity contribution in [2.45, 2.75) is 17.0 Å². The zero-order valence-electron chi connectivity index (χ0n) is 21.0. The second-order valence-electron chi connectivity index (χ2n) is 8.71. The van der Waals surface area contributed by atoms with E-state index in [0.717, 1.165) is 21.8 Å². The van der Waals surface area contributed by atoms with Gasteiger partial charge in [0.25, 0.3) is 5.91 Å². The van der Waals surface area contributed by atoms with E-state index in [-0.39, 0.29) is 11.9 Å². The summed E-state index contributed by atoms with van der Waals surface area (Å²) >= 11 is 9.43. The molecule has 0 fully saturated rings. The maximum atomic E-state index is 13.3. The van der Waals surface area contributed by atoms with E-state index < -0.39 is 0 Å². The molecule has 6 aromatic rings. The number of aromatic nitrogens is 4. The highest BCUT2D eigenvalue weighted by Gasteiger charge is 2.22. The van der Waals surface area contributed by atoms with Crippen LogP contribution >= 0.6 is 34.7 Å². The van der Waals surface area contributed by atoms with Crippen molar-refractivity contribution in [2.75, 3.05) is 0 Å². The van der Waals surface area contributed by atoms with Crippen molar-refractivity contribution in [1.82, 2.24) is 25.1 Å². The van der Waals surface area contributed by atoms with Crippen molar-refractivity contribution in [3.8, 4) is 17.3 Å². The Morgan fingerprint density at radius 2 is 1.62 bits per heavy atom. The van der Waals surface area contributed by atoms with Crippen molar-refractivity contribution in [3.05, 3.63) is 136 Å². The van der Waals surface area contributed by atoms with E-state index in [1.165, 1.54) is 23.1 Å². The molecule has 0 aliphatic rings. The van der Waals surface area contributed by atoms with Gasteiger partial charge in [0.2, 0.25) is 5.82 Å². The lowest BCUT2D eigenvalue weighted by Crippen LogP contribution is -2.29. The van der Waals surface area contributed by atoms with Gasteiger partial charge in [-0.15, -0.1) is 21.5 Å². The summed E-state index contributed by atoms with van der Waals surface area (Å²) in [6, 6.07) is 30.7. The van der Waals surface area contributed by atoms with Crippen LogP contribution in [-0.2, 0) is 5.75 Å². The molecule has 3 aromatic carbocycles. The van der Waals surface area contributed by atoms with Crippen LogP contribution in [0.2, 0.25) is 5.02 Å². The summed E-state index contributed by atoms with van der Waals surface area (Å²) in [7, 11) is 0. The molecule has 10 heteroatoms. The molecule has 3 heterocycles. The molecule has 0 bridgehead atoms. The molecule has 3 aromatic heterocycles. The number of carbonyl (C=O) groups is 1. The quantitative estimate of drug-likeness (QED) is 0.178. The van der Waals surface area contributed by atoms with E-state index in [0.29, 0.717) is 33.2 Å². The Labute approximate surface area is 243 Å². The zero-order chi connectivity index (χ0) is 27.3. The number of hydrogen-bond acceptors (Lipinski definition) is 7. The lowest BCUT2D eigenvalue weighted by Gasteiger charge is -2.19. The monoisotopic (exact) mass is 583 g/mol. The number of para-hydroxylation sites is 1. The number of carbonyl (C=O) groups excluding carboxylic acids is 1. The Balaban J connectivity index is 1.21. The Kier molecular flexibility index (Phi) is 7.76. The minimum atomic E-state index is -0.288. The first kappa shape index (κ1) is 26.1. The maximum absolute atomic E-state index is 13.3. The van der Waals surface area contributed by atoms with Gasteiger partial charge in [0.1, 0.15) is 10.7 Å². The highest BCUT2D eigenvalue weighted by atomic mass is 35.5. The van der Waals surface area contributed by atoms with Crippen LogP contribution in [0.5, 0.6) is 0 Å². The van der Waals surface area contributed by atoms with E-state index in [9.17, 15) is 4.79 Å². The summed E-state index contributed by atoms with van der Waals surface area (Å²) in [5, 5.41) is 15.7. The number of hydrogen-bond donors (Lipinski definition) is 1. The molecule has 6 rings (SSSR count). The van der Waals surface area contributed by atoms with Crippen molar-refractivity contribution < 1.29 is 9.21 Å². The largest absolute Gasteiger partial charge is 0.461 e. The summed E-state index contributed by atoms with van der Waals surface area (Å²) in [6.45, 7) is 0. The van der Waals surface area contributed by atoms with Gasteiger partial charge >= 0.3 is 0 Å². The van der Waals surface area contributed by atoms with Gasteiger partial charge in [0, 0.05) is 5.38 Å². The topological polar surface area (TPSA) is 85.8 Å². The molecule has 1 amide bonds. The first-order valence-corrected chi connectivity index (χ1v) is 14.6. The van der Waals surface area contributed by atoms with Gasteiger partial charge in [-0.1, -0.05) is 96.2 Å². The predicted molar refractivity (Wildman–Crippen MR) is 158 cm³/mol. The standard InChI is InChI=1S/C30H22ClN5O2S2/c31-22-14-7-8-15-24(22)36-28(25-16-9-17-38-25)34-35-30(36)40-19-26-32-23(18-39-26)29(37)33-27(20-10-3-1-4-11-20)21-12-5-2-6-13-21/h1-18,27H,19H2,(H,33,37). The van der Waals surface area contributed by atoms with Crippen LogP contribution < -0.4 is 5.32 Å². The first-order valence-electron chi connectivity index (χ1n) is 12.4. The fraction of sp³-hybridized carbons (Fsp3) is 0.0667. The number of nitrogens with one attached hydrogen (secondary N) is 1. The molecule has 7 nitrogen and oxygen atoms in total. The minimum absolute atomic E-state index is 0.232. The molecular formula is C30H22ClN5O2S2. The summed E-state index contributed by atoms with van der Waals surface area (Å²) in [6.07, 6.45) is 1.59. The number of furan rings is 1. The summed E-state index contributed by atoms with van der Waals surface area (Å²) in [4.78, 5) is 17.9. The van der Waals surface area contributed by atoms with Crippen molar-refractivity contribution in [3.63, 3.8) is 0 Å². The second-order valence-corrected chi connectivity index (χ2v) is 11.0. The zero-order valence-corrected chi connectivity index (χ0v) is 23.4. The summed E-state index contributed by atoms with van der Waals surface area (Å²) in [5.74, 6) is 1.40. The molecule has 0 atom stereocenters. The average Bonchev–Trinajstić information content (AvgIpc) is 3.77. The van der Waals surface area contributed by atoms with Crippen LogP contribution in [0.1, 0.15) is 32.7 Å². The van der Waals surface area contributed by atoms with Gasteiger partial charge in [-0.2, -0.15) is 0 Å². The normalized spacial score (nSPS) is 11.2. The first-order chi connectivity index (χ1) is 19.7. The lowest BCUT2D eigenvalue weighted by molar-refractivity contribution is 0.0938. The third kappa shape index (κ3) is 5.58. The van der Waals surface area contributed by atoms with Gasteiger partial charge in [0.15, 0.2) is 10.9 Å². The van der Waals surface area contributed by atoms with Crippen LogP contribution in [0.25, 0.3) is 17.3 Å². The Hall–Kier alpha value is -4.18. The molecule has 198 valence electrons. The van der Waals surface area contributed by atoms with Crippen molar-refractivity contribution in [2.24, 2.45) is 0 Å². The third-order valence-electron chi connectivity index (χ3n) is 6.12. The molecule has 0 aliphatic carbocycles. The molecular weight excluding hydrogens is 562 g/mol. The lowest BCUT2D eigenvalue weighted by atomic mass is 9.98. The number of nitrogens with zero attached hydrogens (tertiary/aromatic N) is 4. The highest BCUT2D eigenvalue weighted by molar-refractivity contribution is 7.98. The summed E-state index contributed by atoms with van der Waals surface area (Å²) in [5.41, 5.74) is 3.12. The minimum Gasteiger partial charge on any atom is -0.461 e.